The number of pyridine rings is 1. The summed E-state index contributed by atoms with van der Waals surface area (Å²) in [6.07, 6.45) is 1.92. The summed E-state index contributed by atoms with van der Waals surface area (Å²) in [5.41, 5.74) is 15.8. The zero-order valence-corrected chi connectivity index (χ0v) is 50.9. The first-order valence-electron chi connectivity index (χ1n) is 27.8. The maximum Gasteiger partial charge on any atom is 0.135 e. The molecule has 408 valence electrons. The second-order valence-corrected chi connectivity index (χ2v) is 25.6. The van der Waals surface area contributed by atoms with Crippen molar-refractivity contribution in [3.8, 4) is 39.6 Å². The van der Waals surface area contributed by atoms with Crippen LogP contribution in [0, 0.1) is 29.6 Å². The van der Waals surface area contributed by atoms with E-state index in [0.29, 0.717) is 11.5 Å². The van der Waals surface area contributed by atoms with E-state index in [1.807, 2.05) is 12.3 Å². The van der Waals surface area contributed by atoms with Gasteiger partial charge in [-0.15, -0.1) is 53.6 Å². The van der Waals surface area contributed by atoms with Crippen molar-refractivity contribution in [3.05, 3.63) is 258 Å². The van der Waals surface area contributed by atoms with Crippen LogP contribution >= 0.6 is 0 Å². The molecule has 0 saturated carbocycles. The van der Waals surface area contributed by atoms with Gasteiger partial charge in [-0.3, -0.25) is 0 Å². The molecule has 0 saturated heterocycles. The van der Waals surface area contributed by atoms with Crippen LogP contribution in [0.4, 0.5) is 11.4 Å². The Labute approximate surface area is 490 Å². The number of hydrogen-bond donors (Lipinski definition) is 0. The third-order valence-electron chi connectivity index (χ3n) is 16.0. The molecular formula is C74H73N4OPt-3. The van der Waals surface area contributed by atoms with Crippen LogP contribution in [0.2, 0.25) is 0 Å². The van der Waals surface area contributed by atoms with Gasteiger partial charge in [-0.05, 0) is 85.6 Å². The zero-order valence-electron chi connectivity index (χ0n) is 48.6. The van der Waals surface area contributed by atoms with Gasteiger partial charge >= 0.3 is 0 Å². The average Bonchev–Trinajstić information content (AvgIpc) is 4.25. The van der Waals surface area contributed by atoms with E-state index >= 15 is 0 Å². The normalized spacial score (nSPS) is 13.6. The number of benzene rings is 8. The molecule has 8 aromatic carbocycles. The minimum absolute atomic E-state index is 0. The van der Waals surface area contributed by atoms with Crippen molar-refractivity contribution in [2.24, 2.45) is 10.8 Å². The van der Waals surface area contributed by atoms with Crippen LogP contribution in [0.5, 0.6) is 11.5 Å². The maximum atomic E-state index is 7.11. The molecule has 3 heterocycles. The summed E-state index contributed by atoms with van der Waals surface area (Å²) in [5.74, 6) is 2.01. The van der Waals surface area contributed by atoms with E-state index in [4.69, 9.17) is 9.72 Å². The first kappa shape index (κ1) is 55.8. The predicted octanol–water partition coefficient (Wildman–Crippen LogP) is 19.6. The molecule has 0 fully saturated rings. The van der Waals surface area contributed by atoms with Crippen LogP contribution in [0.15, 0.2) is 212 Å². The van der Waals surface area contributed by atoms with Crippen LogP contribution in [-0.2, 0) is 37.3 Å². The number of allylic oxidation sites excluding steroid dienone is 2. The van der Waals surface area contributed by atoms with Gasteiger partial charge in [-0.2, -0.15) is 6.07 Å². The van der Waals surface area contributed by atoms with Crippen LogP contribution < -0.4 is 14.5 Å². The van der Waals surface area contributed by atoms with E-state index in [2.05, 4.69) is 311 Å². The van der Waals surface area contributed by atoms with Gasteiger partial charge in [0.2, 0.25) is 0 Å². The third kappa shape index (κ3) is 10.7. The summed E-state index contributed by atoms with van der Waals surface area (Å²) in [6.45, 7) is 32.4. The molecule has 0 bridgehead atoms. The fourth-order valence-corrected chi connectivity index (χ4v) is 11.5. The summed E-state index contributed by atoms with van der Waals surface area (Å²) in [5, 5.41) is 2.19. The summed E-state index contributed by atoms with van der Waals surface area (Å²) in [6, 6.07) is 77.6. The van der Waals surface area contributed by atoms with Crippen molar-refractivity contribution < 1.29 is 25.8 Å². The molecule has 0 unspecified atom stereocenters. The topological polar surface area (TPSA) is 33.5 Å². The van der Waals surface area contributed by atoms with Crippen LogP contribution in [0.1, 0.15) is 118 Å². The summed E-state index contributed by atoms with van der Waals surface area (Å²) < 4.78 is 9.35. The van der Waals surface area contributed by atoms with E-state index in [-0.39, 0.29) is 48.1 Å². The fraction of sp³-hybridized carbons (Fsp3) is 0.243. The Kier molecular flexibility index (Phi) is 14.8. The summed E-state index contributed by atoms with van der Waals surface area (Å²) in [4.78, 5) is 9.85. The van der Waals surface area contributed by atoms with Gasteiger partial charge in [0.1, 0.15) is 5.82 Å². The zero-order chi connectivity index (χ0) is 55.6. The molecular weight excluding hydrogens is 1160 g/mol. The van der Waals surface area contributed by atoms with Gasteiger partial charge in [0.25, 0.3) is 0 Å². The molecule has 0 spiro atoms. The molecule has 1 aliphatic rings. The Morgan fingerprint density at radius 3 is 1.50 bits per heavy atom. The second kappa shape index (κ2) is 21.2. The maximum absolute atomic E-state index is 7.11. The van der Waals surface area contributed by atoms with Crippen molar-refractivity contribution in [3.63, 3.8) is 0 Å². The van der Waals surface area contributed by atoms with Gasteiger partial charge < -0.3 is 19.1 Å². The Balaban J connectivity index is 0.00000720. The number of hydrogen-bond acceptors (Lipinski definition) is 4. The molecule has 0 aliphatic carbocycles. The number of aromatic nitrogens is 2. The SMILES string of the molecule is CC(C)(C)C1=C(C(C)(C)C)N(c2cc(C(C)(C)c3ccccc3)cc(C(C)(C)c3ccccc3)c2)[CH-]N1c1[c-]c(Oc2[c-]c3c(cc2)c2cc(-c4ccccc4)ccc2n3-c2cc(C(C)(C)C)ccn2)cc(-c2ccccc2)c1.[Pt]. The van der Waals surface area contributed by atoms with Crippen molar-refractivity contribution in [1.29, 1.82) is 0 Å². The predicted molar refractivity (Wildman–Crippen MR) is 331 cm³/mol. The van der Waals surface area contributed by atoms with Gasteiger partial charge in [-0.1, -0.05) is 235 Å². The molecule has 1 aliphatic heterocycles. The van der Waals surface area contributed by atoms with E-state index in [0.717, 1.165) is 55.7 Å². The molecule has 2 aromatic heterocycles. The van der Waals surface area contributed by atoms with Crippen LogP contribution in [-0.4, -0.2) is 9.55 Å². The van der Waals surface area contributed by atoms with Crippen molar-refractivity contribution >= 4 is 33.2 Å². The number of nitrogens with zero attached hydrogens (tertiary/aromatic N) is 4. The third-order valence-corrected chi connectivity index (χ3v) is 16.0. The average molecular weight is 1230 g/mol. The molecule has 0 radical (unpaired) electrons. The largest absolute Gasteiger partial charge is 0.509 e. The molecule has 5 nitrogen and oxygen atoms in total. The van der Waals surface area contributed by atoms with Crippen LogP contribution in [0.25, 0.3) is 49.9 Å². The summed E-state index contributed by atoms with van der Waals surface area (Å²) >= 11 is 0. The van der Waals surface area contributed by atoms with Gasteiger partial charge in [0, 0.05) is 83.0 Å². The fourth-order valence-electron chi connectivity index (χ4n) is 11.5. The quantitative estimate of drug-likeness (QED) is 0.121. The number of anilines is 2. The molecule has 0 atom stereocenters. The Bertz CT molecular complexity index is 3820. The Morgan fingerprint density at radius 2 is 0.950 bits per heavy atom. The monoisotopic (exact) mass is 1230 g/mol. The number of fused-ring (bicyclic) bond motifs is 3. The molecule has 80 heavy (non-hydrogen) atoms. The van der Waals surface area contributed by atoms with Gasteiger partial charge in [-0.25, -0.2) is 4.98 Å². The van der Waals surface area contributed by atoms with E-state index in [1.54, 1.807) is 0 Å². The standard InChI is InChI=1S/C74H73N4O.Pt/c1-70(2,3)56-38-39-75-67(46-56)78-65-37-34-52(50-26-18-14-19-27-50)42-64(65)63-36-35-61(48-66(63)78)79-62-41-53(51-28-20-15-21-29-51)40-59(47-62)76-49-77(69(72(7,8)9)68(76)71(4,5)6)60-44-57(73(10,11)54-30-22-16-23-31-54)43-58(45-60)74(12,13)55-32-24-17-25-33-55;/h14-46,49H,1-13H3;/q-3;. The van der Waals surface area contributed by atoms with Crippen molar-refractivity contribution in [2.45, 2.75) is 106 Å². The summed E-state index contributed by atoms with van der Waals surface area (Å²) in [7, 11) is 0. The Morgan fingerprint density at radius 1 is 0.412 bits per heavy atom. The first-order chi connectivity index (χ1) is 37.6. The second-order valence-electron chi connectivity index (χ2n) is 25.6. The van der Waals surface area contributed by atoms with Gasteiger partial charge in [0.05, 0.1) is 0 Å². The number of rotatable bonds is 11. The first-order valence-corrected chi connectivity index (χ1v) is 27.8. The van der Waals surface area contributed by atoms with Gasteiger partial charge in [0.15, 0.2) is 0 Å². The van der Waals surface area contributed by atoms with E-state index in [1.165, 1.54) is 44.8 Å². The van der Waals surface area contributed by atoms with Crippen molar-refractivity contribution in [1.82, 2.24) is 9.55 Å². The van der Waals surface area contributed by atoms with Crippen molar-refractivity contribution in [2.75, 3.05) is 9.80 Å². The van der Waals surface area contributed by atoms with E-state index < -0.39 is 0 Å². The molecule has 10 aromatic rings. The van der Waals surface area contributed by atoms with E-state index in [9.17, 15) is 0 Å². The Hall–Kier alpha value is -7.46. The van der Waals surface area contributed by atoms with Crippen LogP contribution in [0.3, 0.4) is 0 Å². The molecule has 6 heteroatoms. The molecule has 0 amide bonds. The minimum Gasteiger partial charge on any atom is -0.509 e. The molecule has 0 N–H and O–H groups in total. The minimum atomic E-state index is -0.302. The number of ether oxygens (including phenoxy) is 1. The molecule has 11 rings (SSSR count). The smallest absolute Gasteiger partial charge is 0.135 e.